The molecule has 0 spiro atoms. The van der Waals surface area contributed by atoms with Gasteiger partial charge in [-0.25, -0.2) is 4.68 Å². The minimum Gasteiger partial charge on any atom is -0.481 e. The molecule has 2 heterocycles. The molecule has 1 N–H and O–H groups in total. The Balaban J connectivity index is 1.93. The molecule has 1 aliphatic heterocycles. The van der Waals surface area contributed by atoms with Gasteiger partial charge < -0.3 is 10.0 Å². The standard InChI is InChI=1S/C16H17N3O3/c1-10-6-11(2)19(17-10)14-5-3-4-13(8-14)18-9-12(16(21)22)7-15(18)20/h3-6,8,12H,7,9H2,1-2H3,(H,21,22)/t12-/m1/s1. The largest absolute Gasteiger partial charge is 0.481 e. The average Bonchev–Trinajstić information content (AvgIpc) is 3.02. The van der Waals surface area contributed by atoms with E-state index in [2.05, 4.69) is 5.10 Å². The Morgan fingerprint density at radius 1 is 1.27 bits per heavy atom. The Bertz CT molecular complexity index is 751. The molecule has 114 valence electrons. The normalized spacial score (nSPS) is 18.0. The summed E-state index contributed by atoms with van der Waals surface area (Å²) in [4.78, 5) is 24.7. The van der Waals surface area contributed by atoms with Gasteiger partial charge in [-0.15, -0.1) is 0 Å². The van der Waals surface area contributed by atoms with Gasteiger partial charge in [-0.3, -0.25) is 9.59 Å². The van der Waals surface area contributed by atoms with Crippen LogP contribution in [0.5, 0.6) is 0 Å². The summed E-state index contributed by atoms with van der Waals surface area (Å²) in [6, 6.07) is 9.42. The molecule has 2 aromatic rings. The number of amides is 1. The van der Waals surface area contributed by atoms with E-state index >= 15 is 0 Å². The number of carboxylic acids is 1. The third-order valence-electron chi connectivity index (χ3n) is 3.87. The Kier molecular flexibility index (Phi) is 3.44. The molecule has 0 saturated carbocycles. The van der Waals surface area contributed by atoms with E-state index in [9.17, 15) is 9.59 Å². The van der Waals surface area contributed by atoms with Crippen LogP contribution in [0.4, 0.5) is 5.69 Å². The van der Waals surface area contributed by atoms with Crippen molar-refractivity contribution in [3.8, 4) is 5.69 Å². The van der Waals surface area contributed by atoms with E-state index in [1.807, 2.05) is 48.9 Å². The first-order valence-corrected chi connectivity index (χ1v) is 7.12. The van der Waals surface area contributed by atoms with E-state index in [-0.39, 0.29) is 18.9 Å². The zero-order valence-electron chi connectivity index (χ0n) is 12.5. The lowest BCUT2D eigenvalue weighted by atomic mass is 10.1. The lowest BCUT2D eigenvalue weighted by molar-refractivity contribution is -0.141. The maximum atomic E-state index is 12.0. The highest BCUT2D eigenvalue weighted by molar-refractivity contribution is 5.99. The molecular weight excluding hydrogens is 282 g/mol. The lowest BCUT2D eigenvalue weighted by Gasteiger charge is -2.17. The SMILES string of the molecule is Cc1cc(C)n(-c2cccc(N3C[C@H](C(=O)O)CC3=O)c2)n1. The zero-order chi connectivity index (χ0) is 15.9. The van der Waals surface area contributed by atoms with Crippen molar-refractivity contribution in [2.24, 2.45) is 5.92 Å². The monoisotopic (exact) mass is 299 g/mol. The first kappa shape index (κ1) is 14.3. The number of anilines is 1. The second kappa shape index (κ2) is 5.29. The Morgan fingerprint density at radius 2 is 2.00 bits per heavy atom. The van der Waals surface area contributed by atoms with Crippen molar-refractivity contribution in [2.75, 3.05) is 11.4 Å². The molecule has 0 aliphatic carbocycles. The Labute approximate surface area is 128 Å². The fraction of sp³-hybridized carbons (Fsp3) is 0.312. The predicted octanol–water partition coefficient (Wildman–Crippen LogP) is 1.93. The van der Waals surface area contributed by atoms with E-state index in [1.165, 1.54) is 4.90 Å². The average molecular weight is 299 g/mol. The summed E-state index contributed by atoms with van der Waals surface area (Å²) in [5.74, 6) is -1.71. The number of rotatable bonds is 3. The van der Waals surface area contributed by atoms with E-state index in [4.69, 9.17) is 5.11 Å². The van der Waals surface area contributed by atoms with Gasteiger partial charge >= 0.3 is 5.97 Å². The van der Waals surface area contributed by atoms with Gasteiger partial charge in [-0.2, -0.15) is 5.10 Å². The first-order chi connectivity index (χ1) is 10.5. The van der Waals surface area contributed by atoms with Crippen molar-refractivity contribution in [1.29, 1.82) is 0 Å². The fourth-order valence-electron chi connectivity index (χ4n) is 2.81. The minimum atomic E-state index is -0.925. The van der Waals surface area contributed by atoms with Crippen LogP contribution >= 0.6 is 0 Å². The molecule has 0 bridgehead atoms. The van der Waals surface area contributed by atoms with Crippen molar-refractivity contribution in [3.63, 3.8) is 0 Å². The van der Waals surface area contributed by atoms with Crippen LogP contribution in [-0.2, 0) is 9.59 Å². The van der Waals surface area contributed by atoms with E-state index in [0.717, 1.165) is 17.1 Å². The summed E-state index contributed by atoms with van der Waals surface area (Å²) in [6.07, 6.45) is 0.0550. The summed E-state index contributed by atoms with van der Waals surface area (Å²) in [5.41, 5.74) is 3.49. The van der Waals surface area contributed by atoms with Crippen LogP contribution in [0.25, 0.3) is 5.69 Å². The summed E-state index contributed by atoms with van der Waals surface area (Å²) in [5, 5.41) is 13.5. The zero-order valence-corrected chi connectivity index (χ0v) is 12.5. The molecule has 1 atom stereocenters. The molecule has 1 amide bonds. The highest BCUT2D eigenvalue weighted by Crippen LogP contribution is 2.27. The molecule has 0 radical (unpaired) electrons. The van der Waals surface area contributed by atoms with E-state index < -0.39 is 11.9 Å². The first-order valence-electron chi connectivity index (χ1n) is 7.12. The number of carbonyl (C=O) groups is 2. The summed E-state index contributed by atoms with van der Waals surface area (Å²) >= 11 is 0. The molecule has 1 aliphatic rings. The minimum absolute atomic E-state index is 0.0550. The second-order valence-corrected chi connectivity index (χ2v) is 5.60. The number of benzene rings is 1. The molecule has 1 fully saturated rings. The molecule has 1 saturated heterocycles. The number of nitrogens with zero attached hydrogens (tertiary/aromatic N) is 3. The number of hydrogen-bond donors (Lipinski definition) is 1. The van der Waals surface area contributed by atoms with Crippen molar-refractivity contribution in [3.05, 3.63) is 41.7 Å². The fourth-order valence-corrected chi connectivity index (χ4v) is 2.81. The van der Waals surface area contributed by atoms with Gasteiger partial charge in [0.15, 0.2) is 0 Å². The van der Waals surface area contributed by atoms with Crippen molar-refractivity contribution >= 4 is 17.6 Å². The van der Waals surface area contributed by atoms with Crippen LogP contribution < -0.4 is 4.90 Å². The van der Waals surface area contributed by atoms with Crippen LogP contribution in [0.3, 0.4) is 0 Å². The van der Waals surface area contributed by atoms with Gasteiger partial charge in [0.1, 0.15) is 0 Å². The molecule has 1 aromatic heterocycles. The maximum Gasteiger partial charge on any atom is 0.308 e. The smallest absolute Gasteiger partial charge is 0.308 e. The summed E-state index contributed by atoms with van der Waals surface area (Å²) in [7, 11) is 0. The highest BCUT2D eigenvalue weighted by Gasteiger charge is 2.35. The third kappa shape index (κ3) is 2.47. The summed E-state index contributed by atoms with van der Waals surface area (Å²) < 4.78 is 1.81. The number of carboxylic acid groups (broad SMARTS) is 1. The molecule has 22 heavy (non-hydrogen) atoms. The van der Waals surface area contributed by atoms with Crippen LogP contribution in [0, 0.1) is 19.8 Å². The van der Waals surface area contributed by atoms with Crippen LogP contribution in [0.1, 0.15) is 17.8 Å². The highest BCUT2D eigenvalue weighted by atomic mass is 16.4. The third-order valence-corrected chi connectivity index (χ3v) is 3.87. The summed E-state index contributed by atoms with van der Waals surface area (Å²) in [6.45, 7) is 4.11. The van der Waals surface area contributed by atoms with Gasteiger partial charge in [0.05, 0.1) is 17.3 Å². The van der Waals surface area contributed by atoms with Crippen LogP contribution in [0.2, 0.25) is 0 Å². The van der Waals surface area contributed by atoms with E-state index in [0.29, 0.717) is 5.69 Å². The van der Waals surface area contributed by atoms with E-state index in [1.54, 1.807) is 0 Å². The van der Waals surface area contributed by atoms with Gasteiger partial charge in [0.25, 0.3) is 0 Å². The number of aromatic nitrogens is 2. The number of carbonyl (C=O) groups excluding carboxylic acids is 1. The molecule has 3 rings (SSSR count). The maximum absolute atomic E-state index is 12.0. The second-order valence-electron chi connectivity index (χ2n) is 5.60. The van der Waals surface area contributed by atoms with Crippen LogP contribution in [-0.4, -0.2) is 33.3 Å². The molecule has 0 unspecified atom stereocenters. The van der Waals surface area contributed by atoms with Crippen molar-refractivity contribution < 1.29 is 14.7 Å². The number of aliphatic carboxylic acids is 1. The predicted molar refractivity (Wildman–Crippen MR) is 81.1 cm³/mol. The van der Waals surface area contributed by atoms with Gasteiger partial charge in [-0.05, 0) is 38.1 Å². The molecule has 1 aromatic carbocycles. The van der Waals surface area contributed by atoms with Gasteiger partial charge in [-0.1, -0.05) is 6.07 Å². The van der Waals surface area contributed by atoms with Gasteiger partial charge in [0.2, 0.25) is 5.91 Å². The van der Waals surface area contributed by atoms with Crippen molar-refractivity contribution in [2.45, 2.75) is 20.3 Å². The number of hydrogen-bond acceptors (Lipinski definition) is 3. The molecule has 6 nitrogen and oxygen atoms in total. The molecular formula is C16H17N3O3. The Hall–Kier alpha value is -2.63. The number of aryl methyl sites for hydroxylation is 2. The molecule has 6 heteroatoms. The van der Waals surface area contributed by atoms with Crippen LogP contribution in [0.15, 0.2) is 30.3 Å². The lowest BCUT2D eigenvalue weighted by Crippen LogP contribution is -2.25. The Morgan fingerprint density at radius 3 is 2.59 bits per heavy atom. The topological polar surface area (TPSA) is 75.4 Å². The van der Waals surface area contributed by atoms with Gasteiger partial charge in [0, 0.05) is 24.3 Å². The van der Waals surface area contributed by atoms with Crippen molar-refractivity contribution in [1.82, 2.24) is 9.78 Å². The quantitative estimate of drug-likeness (QED) is 0.939.